The summed E-state index contributed by atoms with van der Waals surface area (Å²) in [5, 5.41) is 0. The van der Waals surface area contributed by atoms with Crippen molar-refractivity contribution in [3.05, 3.63) is 58.7 Å². The molecule has 0 saturated carbocycles. The van der Waals surface area contributed by atoms with Crippen molar-refractivity contribution in [2.24, 2.45) is 0 Å². The average molecular weight is 400 g/mol. The molecule has 0 bridgehead atoms. The second kappa shape index (κ2) is 7.65. The van der Waals surface area contributed by atoms with Crippen molar-refractivity contribution in [3.63, 3.8) is 0 Å². The Labute approximate surface area is 146 Å². The number of hydrogen-bond acceptors (Lipinski definition) is 2. The van der Waals surface area contributed by atoms with Crippen LogP contribution in [0.15, 0.2) is 29.2 Å². The summed E-state index contributed by atoms with van der Waals surface area (Å²) in [6.45, 7) is 0.695. The van der Waals surface area contributed by atoms with Gasteiger partial charge in [-0.05, 0) is 42.3 Å². The molecular weight excluding hydrogens is 389 g/mol. The highest BCUT2D eigenvalue weighted by atomic mass is 32.2. The molecule has 0 fully saturated rings. The van der Waals surface area contributed by atoms with E-state index in [9.17, 15) is 34.9 Å². The summed E-state index contributed by atoms with van der Waals surface area (Å²) in [4.78, 5) is -0.282. The van der Waals surface area contributed by atoms with E-state index in [2.05, 4.69) is 0 Å². The molecule has 0 aliphatic carbocycles. The van der Waals surface area contributed by atoms with Crippen LogP contribution in [0.25, 0.3) is 0 Å². The molecule has 0 radical (unpaired) electrons. The SMILES string of the molecule is Cc1cc(F)c(OCc2cc(F)c(F)c(F)c2)cc1S(=O)CC(F)(F)F. The first kappa shape index (κ1) is 20.2. The van der Waals surface area contributed by atoms with Crippen molar-refractivity contribution in [2.75, 3.05) is 5.75 Å². The van der Waals surface area contributed by atoms with E-state index in [1.165, 1.54) is 6.92 Å². The van der Waals surface area contributed by atoms with Gasteiger partial charge in [0.1, 0.15) is 12.4 Å². The first-order valence-electron chi connectivity index (χ1n) is 6.99. The first-order chi connectivity index (χ1) is 12.0. The summed E-state index contributed by atoms with van der Waals surface area (Å²) >= 11 is 0. The molecule has 0 N–H and O–H groups in total. The fraction of sp³-hybridized carbons (Fsp3) is 0.250. The largest absolute Gasteiger partial charge is 0.486 e. The topological polar surface area (TPSA) is 26.3 Å². The molecule has 0 spiro atoms. The summed E-state index contributed by atoms with van der Waals surface area (Å²) in [7, 11) is -2.48. The molecule has 0 aromatic heterocycles. The van der Waals surface area contributed by atoms with Gasteiger partial charge in [-0.2, -0.15) is 13.2 Å². The van der Waals surface area contributed by atoms with Crippen LogP contribution in [-0.4, -0.2) is 16.1 Å². The summed E-state index contributed by atoms with van der Waals surface area (Å²) < 4.78 is 107. The van der Waals surface area contributed by atoms with E-state index in [0.29, 0.717) is 12.1 Å². The van der Waals surface area contributed by atoms with Crippen molar-refractivity contribution < 1.29 is 39.7 Å². The molecule has 0 aliphatic heterocycles. The van der Waals surface area contributed by atoms with Crippen molar-refractivity contribution in [2.45, 2.75) is 24.6 Å². The Morgan fingerprint density at radius 1 is 0.962 bits per heavy atom. The van der Waals surface area contributed by atoms with E-state index in [4.69, 9.17) is 4.74 Å². The molecule has 0 heterocycles. The highest BCUT2D eigenvalue weighted by Crippen LogP contribution is 2.28. The molecule has 2 aromatic carbocycles. The molecule has 1 unspecified atom stereocenters. The minimum Gasteiger partial charge on any atom is -0.486 e. The van der Waals surface area contributed by atoms with Crippen molar-refractivity contribution in [1.29, 1.82) is 0 Å². The molecule has 0 aliphatic rings. The van der Waals surface area contributed by atoms with E-state index >= 15 is 0 Å². The van der Waals surface area contributed by atoms with Gasteiger partial charge >= 0.3 is 6.18 Å². The van der Waals surface area contributed by atoms with Gasteiger partial charge in [0.25, 0.3) is 0 Å². The lowest BCUT2D eigenvalue weighted by atomic mass is 10.2. The second-order valence-corrected chi connectivity index (χ2v) is 6.73. The third-order valence-electron chi connectivity index (χ3n) is 3.21. The predicted molar refractivity (Wildman–Crippen MR) is 79.1 cm³/mol. The van der Waals surface area contributed by atoms with Gasteiger partial charge in [-0.1, -0.05) is 0 Å². The number of rotatable bonds is 5. The first-order valence-corrected chi connectivity index (χ1v) is 8.31. The van der Waals surface area contributed by atoms with Gasteiger partial charge < -0.3 is 4.74 Å². The molecule has 26 heavy (non-hydrogen) atoms. The maximum Gasteiger partial charge on any atom is 0.400 e. The molecule has 0 amide bonds. The van der Waals surface area contributed by atoms with Gasteiger partial charge in [0.05, 0.1) is 10.8 Å². The summed E-state index contributed by atoms with van der Waals surface area (Å²) in [5.74, 6) is -7.75. The van der Waals surface area contributed by atoms with Gasteiger partial charge in [0, 0.05) is 4.90 Å². The lowest BCUT2D eigenvalue weighted by molar-refractivity contribution is -0.105. The molecule has 10 heteroatoms. The molecular formula is C16H11F7O2S. The standard InChI is InChI=1S/C16H11F7O2S/c1-8-2-10(17)13(5-14(8)26(24)7-16(21,22)23)25-6-9-3-11(18)15(20)12(19)4-9/h2-5H,6-7H2,1H3. The van der Waals surface area contributed by atoms with Crippen molar-refractivity contribution in [3.8, 4) is 5.75 Å². The van der Waals surface area contributed by atoms with Gasteiger partial charge in [0.2, 0.25) is 0 Å². The Morgan fingerprint density at radius 3 is 2.08 bits per heavy atom. The monoisotopic (exact) mass is 400 g/mol. The number of aryl methyl sites for hydroxylation is 1. The zero-order valence-electron chi connectivity index (χ0n) is 13.1. The van der Waals surface area contributed by atoms with Crippen LogP contribution in [0.4, 0.5) is 30.7 Å². The second-order valence-electron chi connectivity index (χ2n) is 5.32. The molecule has 2 rings (SSSR count). The number of hydrogen-bond donors (Lipinski definition) is 0. The highest BCUT2D eigenvalue weighted by Gasteiger charge is 2.32. The predicted octanol–water partition coefficient (Wildman–Crippen LogP) is 4.80. The Kier molecular flexibility index (Phi) is 5.94. The van der Waals surface area contributed by atoms with Gasteiger partial charge in [0.15, 0.2) is 29.0 Å². The van der Waals surface area contributed by atoms with Crippen LogP contribution in [0.5, 0.6) is 5.75 Å². The quantitative estimate of drug-likeness (QED) is 0.533. The third-order valence-corrected chi connectivity index (χ3v) is 4.73. The zero-order chi connectivity index (χ0) is 19.6. The summed E-state index contributed by atoms with van der Waals surface area (Å²) in [6, 6.07) is 2.94. The molecule has 1 atom stereocenters. The molecule has 2 aromatic rings. The zero-order valence-corrected chi connectivity index (χ0v) is 13.9. The van der Waals surface area contributed by atoms with E-state index in [0.717, 1.165) is 12.1 Å². The van der Waals surface area contributed by atoms with E-state index in [1.807, 2.05) is 0 Å². The Balaban J connectivity index is 2.24. The van der Waals surface area contributed by atoms with Crippen LogP contribution >= 0.6 is 0 Å². The molecule has 142 valence electrons. The smallest absolute Gasteiger partial charge is 0.400 e. The van der Waals surface area contributed by atoms with Crippen molar-refractivity contribution >= 4 is 10.8 Å². The number of benzene rings is 2. The van der Waals surface area contributed by atoms with Crippen molar-refractivity contribution in [1.82, 2.24) is 0 Å². The van der Waals surface area contributed by atoms with Gasteiger partial charge in [-0.25, -0.2) is 17.6 Å². The van der Waals surface area contributed by atoms with Gasteiger partial charge in [-0.3, -0.25) is 4.21 Å². The average Bonchev–Trinajstić information content (AvgIpc) is 2.49. The molecule has 0 saturated heterocycles. The number of alkyl halides is 3. The fourth-order valence-corrected chi connectivity index (χ4v) is 3.18. The van der Waals surface area contributed by atoms with Gasteiger partial charge in [-0.15, -0.1) is 0 Å². The maximum absolute atomic E-state index is 13.9. The summed E-state index contributed by atoms with van der Waals surface area (Å²) in [5.41, 5.74) is -0.143. The lowest BCUT2D eigenvalue weighted by Crippen LogP contribution is -2.19. The number of halogens is 7. The Hall–Kier alpha value is -2.10. The Morgan fingerprint density at radius 2 is 1.54 bits per heavy atom. The minimum atomic E-state index is -4.68. The van der Waals surface area contributed by atoms with Crippen LogP contribution in [-0.2, 0) is 17.4 Å². The summed E-state index contributed by atoms with van der Waals surface area (Å²) in [6.07, 6.45) is -4.68. The van der Waals surface area contributed by atoms with Crippen LogP contribution in [0.3, 0.4) is 0 Å². The maximum atomic E-state index is 13.9. The normalized spacial score (nSPS) is 12.9. The Bertz CT molecular complexity index is 826. The van der Waals surface area contributed by atoms with Crippen LogP contribution < -0.4 is 4.74 Å². The van der Waals surface area contributed by atoms with E-state index in [-0.39, 0.29) is 16.0 Å². The minimum absolute atomic E-state index is 0.0244. The lowest BCUT2D eigenvalue weighted by Gasteiger charge is -2.13. The fourth-order valence-electron chi connectivity index (χ4n) is 2.07. The van der Waals surface area contributed by atoms with Crippen LogP contribution in [0.2, 0.25) is 0 Å². The van der Waals surface area contributed by atoms with E-state index < -0.39 is 58.4 Å². The third kappa shape index (κ3) is 4.96. The number of ether oxygens (including phenoxy) is 1. The van der Waals surface area contributed by atoms with Crippen LogP contribution in [0.1, 0.15) is 11.1 Å². The van der Waals surface area contributed by atoms with E-state index in [1.54, 1.807) is 0 Å². The van der Waals surface area contributed by atoms with Crippen LogP contribution in [0, 0.1) is 30.2 Å². The molecule has 2 nitrogen and oxygen atoms in total. The highest BCUT2D eigenvalue weighted by molar-refractivity contribution is 7.85.